The van der Waals surface area contributed by atoms with Gasteiger partial charge < -0.3 is 5.32 Å². The van der Waals surface area contributed by atoms with Gasteiger partial charge in [0.2, 0.25) is 5.91 Å². The van der Waals surface area contributed by atoms with Crippen molar-refractivity contribution in [1.29, 1.82) is 0 Å². The van der Waals surface area contributed by atoms with Crippen LogP contribution < -0.4 is 5.32 Å². The van der Waals surface area contributed by atoms with Gasteiger partial charge in [-0.05, 0) is 59.8 Å². The predicted molar refractivity (Wildman–Crippen MR) is 102 cm³/mol. The van der Waals surface area contributed by atoms with Crippen molar-refractivity contribution >= 4 is 56.5 Å². The average molecular weight is 435 g/mol. The summed E-state index contributed by atoms with van der Waals surface area (Å²) in [6.45, 7) is -0.374. The number of amides is 3. The molecule has 2 aromatic rings. The first kappa shape index (κ1) is 18.3. The van der Waals surface area contributed by atoms with E-state index in [0.717, 1.165) is 21.1 Å². The third kappa shape index (κ3) is 4.39. The first-order chi connectivity index (χ1) is 12.4. The zero-order valence-corrected chi connectivity index (χ0v) is 15.6. The first-order valence-corrected chi connectivity index (χ1v) is 9.10. The molecule has 1 aliphatic heterocycles. The van der Waals surface area contributed by atoms with Crippen molar-refractivity contribution in [3.8, 4) is 0 Å². The highest BCUT2D eigenvalue weighted by Gasteiger charge is 2.36. The lowest BCUT2D eigenvalue weighted by Crippen LogP contribution is -2.36. The zero-order chi connectivity index (χ0) is 18.7. The molecule has 1 N–H and O–H groups in total. The molecule has 5 nitrogen and oxygen atoms in total. The van der Waals surface area contributed by atoms with Crippen molar-refractivity contribution in [3.63, 3.8) is 0 Å². The Morgan fingerprint density at radius 3 is 2.42 bits per heavy atom. The van der Waals surface area contributed by atoms with Crippen LogP contribution in [-0.2, 0) is 9.59 Å². The summed E-state index contributed by atoms with van der Waals surface area (Å²) in [5.74, 6) is -1.41. The Hall–Kier alpha value is -2.45. The van der Waals surface area contributed by atoms with Gasteiger partial charge in [-0.3, -0.25) is 19.3 Å². The van der Waals surface area contributed by atoms with Gasteiger partial charge in [0.1, 0.15) is 12.4 Å². The molecule has 0 aromatic heterocycles. The molecule has 0 radical (unpaired) electrons. The van der Waals surface area contributed by atoms with Crippen molar-refractivity contribution in [2.24, 2.45) is 0 Å². The Kier molecular flexibility index (Phi) is 5.53. The molecule has 0 spiro atoms. The number of hydrogen-bond acceptors (Lipinski definition) is 4. The number of imide groups is 1. The van der Waals surface area contributed by atoms with Gasteiger partial charge in [-0.2, -0.15) is 0 Å². The molecule has 0 saturated carbocycles. The van der Waals surface area contributed by atoms with E-state index in [0.29, 0.717) is 11.3 Å². The molecule has 0 atom stereocenters. The zero-order valence-electron chi connectivity index (χ0n) is 13.2. The molecule has 1 heterocycles. The molecule has 0 bridgehead atoms. The number of nitrogens with one attached hydrogen (secondary N) is 1. The summed E-state index contributed by atoms with van der Waals surface area (Å²) < 4.78 is 13.8. The minimum Gasteiger partial charge on any atom is -0.325 e. The van der Waals surface area contributed by atoms with E-state index >= 15 is 0 Å². The highest BCUT2D eigenvalue weighted by molar-refractivity contribution is 9.10. The number of rotatable bonds is 4. The fourth-order valence-electron chi connectivity index (χ4n) is 2.22. The van der Waals surface area contributed by atoms with E-state index in [2.05, 4.69) is 21.2 Å². The molecule has 1 saturated heterocycles. The molecule has 0 unspecified atom stereocenters. The second-order valence-corrected chi connectivity index (χ2v) is 7.28. The van der Waals surface area contributed by atoms with Crippen molar-refractivity contribution in [1.82, 2.24) is 4.90 Å². The van der Waals surface area contributed by atoms with Gasteiger partial charge in [-0.15, -0.1) is 0 Å². The molecule has 132 valence electrons. The standard InChI is InChI=1S/C18H12BrFN2O3S/c19-12-3-7-14(8-4-12)21-16(23)10-22-17(24)15(26-18(22)25)9-11-1-5-13(20)6-2-11/h1-9H,10H2,(H,21,23)/b15-9+. The monoisotopic (exact) mass is 434 g/mol. The smallest absolute Gasteiger partial charge is 0.294 e. The van der Waals surface area contributed by atoms with Gasteiger partial charge in [-0.1, -0.05) is 28.1 Å². The van der Waals surface area contributed by atoms with E-state index < -0.39 is 17.1 Å². The van der Waals surface area contributed by atoms with Crippen molar-refractivity contribution in [2.45, 2.75) is 0 Å². The van der Waals surface area contributed by atoms with Crippen LogP contribution in [0.4, 0.5) is 14.9 Å². The van der Waals surface area contributed by atoms with Crippen LogP contribution in [0.2, 0.25) is 0 Å². The summed E-state index contributed by atoms with van der Waals surface area (Å²) >= 11 is 4.05. The molecule has 1 fully saturated rings. The quantitative estimate of drug-likeness (QED) is 0.729. The highest BCUT2D eigenvalue weighted by atomic mass is 79.9. The Bertz CT molecular complexity index is 898. The van der Waals surface area contributed by atoms with E-state index in [1.165, 1.54) is 30.3 Å². The summed E-state index contributed by atoms with van der Waals surface area (Å²) in [6, 6.07) is 12.5. The second kappa shape index (κ2) is 7.84. The fourth-order valence-corrected chi connectivity index (χ4v) is 3.33. The Morgan fingerprint density at radius 1 is 1.12 bits per heavy atom. The van der Waals surface area contributed by atoms with Gasteiger partial charge in [0.05, 0.1) is 4.91 Å². The van der Waals surface area contributed by atoms with Crippen molar-refractivity contribution in [3.05, 3.63) is 69.3 Å². The number of anilines is 1. The van der Waals surface area contributed by atoms with Crippen LogP contribution in [0.5, 0.6) is 0 Å². The lowest BCUT2D eigenvalue weighted by Gasteiger charge is -2.12. The largest absolute Gasteiger partial charge is 0.325 e. The molecule has 3 rings (SSSR count). The number of carbonyl (C=O) groups excluding carboxylic acids is 3. The first-order valence-electron chi connectivity index (χ1n) is 7.49. The molecule has 2 aromatic carbocycles. The van der Waals surface area contributed by atoms with E-state index in [1.54, 1.807) is 24.3 Å². The lowest BCUT2D eigenvalue weighted by atomic mass is 10.2. The highest BCUT2D eigenvalue weighted by Crippen LogP contribution is 2.32. The van der Waals surface area contributed by atoms with Crippen LogP contribution in [0.25, 0.3) is 6.08 Å². The van der Waals surface area contributed by atoms with E-state index in [-0.39, 0.29) is 17.3 Å². The summed E-state index contributed by atoms with van der Waals surface area (Å²) in [7, 11) is 0. The van der Waals surface area contributed by atoms with Crippen LogP contribution in [-0.4, -0.2) is 28.5 Å². The van der Waals surface area contributed by atoms with Gasteiger partial charge in [0.25, 0.3) is 11.1 Å². The Labute approximate surface area is 161 Å². The third-order valence-corrected chi connectivity index (χ3v) is 4.91. The van der Waals surface area contributed by atoms with Crippen LogP contribution in [0.15, 0.2) is 57.9 Å². The molecular formula is C18H12BrFN2O3S. The van der Waals surface area contributed by atoms with Crippen LogP contribution in [0, 0.1) is 5.82 Å². The molecular weight excluding hydrogens is 423 g/mol. The van der Waals surface area contributed by atoms with E-state index in [4.69, 9.17) is 0 Å². The average Bonchev–Trinajstić information content (AvgIpc) is 2.86. The van der Waals surface area contributed by atoms with E-state index in [9.17, 15) is 18.8 Å². The number of nitrogens with zero attached hydrogens (tertiary/aromatic N) is 1. The maximum absolute atomic E-state index is 12.9. The predicted octanol–water partition coefficient (Wildman–Crippen LogP) is 4.26. The molecule has 3 amide bonds. The Morgan fingerprint density at radius 2 is 1.77 bits per heavy atom. The maximum Gasteiger partial charge on any atom is 0.294 e. The molecule has 8 heteroatoms. The number of hydrogen-bond donors (Lipinski definition) is 1. The van der Waals surface area contributed by atoms with Crippen molar-refractivity contribution in [2.75, 3.05) is 11.9 Å². The van der Waals surface area contributed by atoms with Crippen molar-refractivity contribution < 1.29 is 18.8 Å². The topological polar surface area (TPSA) is 66.5 Å². The molecule has 26 heavy (non-hydrogen) atoms. The van der Waals surface area contributed by atoms with Gasteiger partial charge >= 0.3 is 0 Å². The number of benzene rings is 2. The third-order valence-electron chi connectivity index (χ3n) is 3.47. The summed E-state index contributed by atoms with van der Waals surface area (Å²) in [5, 5.41) is 2.11. The van der Waals surface area contributed by atoms with Gasteiger partial charge in [0.15, 0.2) is 0 Å². The van der Waals surface area contributed by atoms with Crippen LogP contribution in [0.3, 0.4) is 0 Å². The van der Waals surface area contributed by atoms with Crippen LogP contribution in [0.1, 0.15) is 5.56 Å². The molecule has 1 aliphatic rings. The number of carbonyl (C=O) groups is 3. The molecule has 0 aliphatic carbocycles. The number of thioether (sulfide) groups is 1. The Balaban J connectivity index is 1.67. The minimum absolute atomic E-state index is 0.193. The fraction of sp³-hybridized carbons (Fsp3) is 0.0556. The maximum atomic E-state index is 12.9. The SMILES string of the molecule is O=C(CN1C(=O)S/C(=C/c2ccc(F)cc2)C1=O)Nc1ccc(Br)cc1. The second-order valence-electron chi connectivity index (χ2n) is 5.37. The van der Waals surface area contributed by atoms with Crippen LogP contribution >= 0.6 is 27.7 Å². The summed E-state index contributed by atoms with van der Waals surface area (Å²) in [4.78, 5) is 37.6. The van der Waals surface area contributed by atoms with Gasteiger partial charge in [0, 0.05) is 10.2 Å². The normalized spacial score (nSPS) is 15.6. The summed E-state index contributed by atoms with van der Waals surface area (Å²) in [5.41, 5.74) is 1.16. The lowest BCUT2D eigenvalue weighted by molar-refractivity contribution is -0.127. The van der Waals surface area contributed by atoms with E-state index in [1.807, 2.05) is 0 Å². The minimum atomic E-state index is -0.546. The summed E-state index contributed by atoms with van der Waals surface area (Å²) in [6.07, 6.45) is 1.50. The van der Waals surface area contributed by atoms with Gasteiger partial charge in [-0.25, -0.2) is 4.39 Å². The number of halogens is 2.